The number of phenolic OH excluding ortho intramolecular Hbond substituents is 1. The quantitative estimate of drug-likeness (QED) is 0.165. The second kappa shape index (κ2) is 13.4. The lowest BCUT2D eigenvalue weighted by atomic mass is 9.91. The average Bonchev–Trinajstić information content (AvgIpc) is 3.85. The van der Waals surface area contributed by atoms with Crippen molar-refractivity contribution in [3.63, 3.8) is 0 Å². The molecule has 0 amide bonds. The Kier molecular flexibility index (Phi) is 7.71. The summed E-state index contributed by atoms with van der Waals surface area (Å²) in [4.78, 5) is 4.65. The second-order valence-electron chi connectivity index (χ2n) is 14.6. The molecule has 1 aromatic heterocycles. The SMILES string of the molecule is Oc1ccc(N(c2ccccc2)c2c3ccccc3c(N(c3ccccc3)c3ccc4c(c3)C3C=CC=CC3O4)c3oc4ccccc4c23)cc1-c1ccccc1. The largest absolute Gasteiger partial charge is 0.507 e. The minimum absolute atomic E-state index is 0.0149. The van der Waals surface area contributed by atoms with Gasteiger partial charge in [-0.25, -0.2) is 0 Å². The van der Waals surface area contributed by atoms with Crippen molar-refractivity contribution in [2.24, 2.45) is 0 Å². The van der Waals surface area contributed by atoms with Gasteiger partial charge in [-0.2, -0.15) is 0 Å². The number of allylic oxidation sites excluding steroid dienone is 2. The van der Waals surface area contributed by atoms with Crippen molar-refractivity contribution >= 4 is 66.8 Å². The number of para-hydroxylation sites is 3. The van der Waals surface area contributed by atoms with Gasteiger partial charge >= 0.3 is 0 Å². The van der Waals surface area contributed by atoms with E-state index < -0.39 is 0 Å². The maximum absolute atomic E-state index is 11.2. The number of nitrogens with zero attached hydrogens (tertiary/aromatic N) is 2. The molecule has 5 heteroatoms. The number of anilines is 6. The van der Waals surface area contributed by atoms with E-state index in [9.17, 15) is 5.11 Å². The summed E-state index contributed by atoms with van der Waals surface area (Å²) < 4.78 is 13.5. The van der Waals surface area contributed by atoms with Crippen molar-refractivity contribution in [3.05, 3.63) is 206 Å². The molecule has 1 aliphatic carbocycles. The predicted molar refractivity (Wildman–Crippen MR) is 233 cm³/mol. The molecule has 0 bridgehead atoms. The third-order valence-electron chi connectivity index (χ3n) is 11.2. The first-order valence-electron chi connectivity index (χ1n) is 19.3. The van der Waals surface area contributed by atoms with Crippen LogP contribution < -0.4 is 14.5 Å². The van der Waals surface area contributed by atoms with E-state index in [1.54, 1.807) is 6.07 Å². The molecule has 0 saturated heterocycles. The first-order chi connectivity index (χ1) is 28.2. The van der Waals surface area contributed by atoms with Crippen molar-refractivity contribution in [3.8, 4) is 22.6 Å². The highest BCUT2D eigenvalue weighted by Crippen LogP contribution is 2.55. The summed E-state index contributed by atoms with van der Waals surface area (Å²) in [6.45, 7) is 0. The Morgan fingerprint density at radius 1 is 0.491 bits per heavy atom. The molecule has 1 aliphatic heterocycles. The van der Waals surface area contributed by atoms with Crippen molar-refractivity contribution < 1.29 is 14.3 Å². The highest BCUT2D eigenvalue weighted by molar-refractivity contribution is 6.28. The van der Waals surface area contributed by atoms with Gasteiger partial charge in [0.15, 0.2) is 5.58 Å². The maximum atomic E-state index is 11.2. The lowest BCUT2D eigenvalue weighted by Gasteiger charge is -2.31. The van der Waals surface area contributed by atoms with Gasteiger partial charge in [-0.15, -0.1) is 0 Å². The van der Waals surface area contributed by atoms with E-state index in [1.807, 2.05) is 48.5 Å². The van der Waals surface area contributed by atoms with Gasteiger partial charge in [0.05, 0.1) is 16.8 Å². The zero-order valence-electron chi connectivity index (χ0n) is 30.9. The summed E-state index contributed by atoms with van der Waals surface area (Å²) in [5.74, 6) is 1.27. The molecule has 2 unspecified atom stereocenters. The van der Waals surface area contributed by atoms with Crippen molar-refractivity contribution in [2.45, 2.75) is 12.0 Å². The molecule has 0 fully saturated rings. The Morgan fingerprint density at radius 2 is 1.07 bits per heavy atom. The molecule has 11 rings (SSSR count). The van der Waals surface area contributed by atoms with E-state index >= 15 is 0 Å². The van der Waals surface area contributed by atoms with E-state index in [0.29, 0.717) is 0 Å². The molecular formula is C52H36N2O3. The summed E-state index contributed by atoms with van der Waals surface area (Å²) in [7, 11) is 0. The first-order valence-corrected chi connectivity index (χ1v) is 19.3. The van der Waals surface area contributed by atoms with Gasteiger partial charge in [0.25, 0.3) is 0 Å². The zero-order valence-corrected chi connectivity index (χ0v) is 30.9. The average molecular weight is 737 g/mol. The predicted octanol–water partition coefficient (Wildman–Crippen LogP) is 14.0. The maximum Gasteiger partial charge on any atom is 0.162 e. The molecule has 8 aromatic carbocycles. The Labute approximate surface area is 330 Å². The first kappa shape index (κ1) is 32.9. The lowest BCUT2D eigenvalue weighted by molar-refractivity contribution is 0.269. The number of phenols is 1. The van der Waals surface area contributed by atoms with E-state index in [2.05, 4.69) is 155 Å². The van der Waals surface area contributed by atoms with Crippen LogP contribution in [0.25, 0.3) is 43.8 Å². The Morgan fingerprint density at radius 3 is 1.81 bits per heavy atom. The molecule has 0 saturated carbocycles. The molecular weight excluding hydrogens is 701 g/mol. The van der Waals surface area contributed by atoms with Crippen LogP contribution in [0.15, 0.2) is 205 Å². The van der Waals surface area contributed by atoms with Gasteiger partial charge in [0, 0.05) is 56.0 Å². The Hall–Kier alpha value is -7.50. The fourth-order valence-corrected chi connectivity index (χ4v) is 8.70. The summed E-state index contributed by atoms with van der Waals surface area (Å²) in [5, 5.41) is 15.3. The lowest BCUT2D eigenvalue weighted by Crippen LogP contribution is -2.16. The molecule has 272 valence electrons. The van der Waals surface area contributed by atoms with Crippen LogP contribution in [-0.4, -0.2) is 11.2 Å². The molecule has 2 aliphatic rings. The number of hydrogen-bond donors (Lipinski definition) is 1. The summed E-state index contributed by atoms with van der Waals surface area (Å²) in [5.41, 5.74) is 10.3. The van der Waals surface area contributed by atoms with Gasteiger partial charge < -0.3 is 24.1 Å². The number of furan rings is 1. The molecule has 0 radical (unpaired) electrons. The van der Waals surface area contributed by atoms with E-state index in [4.69, 9.17) is 9.15 Å². The summed E-state index contributed by atoms with van der Waals surface area (Å²) >= 11 is 0. The van der Waals surface area contributed by atoms with Crippen LogP contribution in [0.5, 0.6) is 11.5 Å². The standard InChI is InChI=1S/C52H36N2O3/c55-45-30-28-37(32-43(45)34-16-4-1-5-17-34)53(35-18-6-2-7-19-35)50-40-23-10-11-24-41(40)51(52-49(50)42-25-13-15-27-47(42)57-52)54(36-20-8-3-9-21-36)38-29-31-48-44(33-38)39-22-12-14-26-46(39)56-48/h1-33,39,46,55H. The van der Waals surface area contributed by atoms with E-state index in [-0.39, 0.29) is 17.8 Å². The van der Waals surface area contributed by atoms with E-state index in [0.717, 1.165) is 89.3 Å². The Balaban J connectivity index is 1.24. The number of ether oxygens (including phenoxy) is 1. The molecule has 0 spiro atoms. The van der Waals surface area contributed by atoms with Gasteiger partial charge in [-0.3, -0.25) is 0 Å². The third-order valence-corrected chi connectivity index (χ3v) is 11.2. The van der Waals surface area contributed by atoms with Crippen LogP contribution in [0.2, 0.25) is 0 Å². The Bertz CT molecular complexity index is 3020. The molecule has 57 heavy (non-hydrogen) atoms. The van der Waals surface area contributed by atoms with Crippen LogP contribution in [0, 0.1) is 0 Å². The molecule has 9 aromatic rings. The summed E-state index contributed by atoms with van der Waals surface area (Å²) in [6.07, 6.45) is 8.54. The topological polar surface area (TPSA) is 49.1 Å². The number of hydrogen-bond acceptors (Lipinski definition) is 5. The second-order valence-corrected chi connectivity index (χ2v) is 14.6. The highest BCUT2D eigenvalue weighted by Gasteiger charge is 2.34. The smallest absolute Gasteiger partial charge is 0.162 e. The monoisotopic (exact) mass is 736 g/mol. The fraction of sp³-hybridized carbons (Fsp3) is 0.0385. The van der Waals surface area contributed by atoms with Crippen molar-refractivity contribution in [1.29, 1.82) is 0 Å². The minimum Gasteiger partial charge on any atom is -0.507 e. The number of aromatic hydroxyl groups is 1. The van der Waals surface area contributed by atoms with Gasteiger partial charge in [0.2, 0.25) is 0 Å². The number of fused-ring (bicyclic) bond motifs is 7. The minimum atomic E-state index is -0.0149. The number of benzene rings is 8. The normalized spacial score (nSPS) is 15.4. The highest BCUT2D eigenvalue weighted by atomic mass is 16.5. The molecule has 1 N–H and O–H groups in total. The number of rotatable bonds is 7. The van der Waals surface area contributed by atoms with Gasteiger partial charge in [-0.1, -0.05) is 127 Å². The molecule has 2 atom stereocenters. The third kappa shape index (κ3) is 5.39. The van der Waals surface area contributed by atoms with Gasteiger partial charge in [-0.05, 0) is 78.4 Å². The van der Waals surface area contributed by atoms with Gasteiger partial charge in [0.1, 0.15) is 23.2 Å². The van der Waals surface area contributed by atoms with Crippen LogP contribution in [0.4, 0.5) is 34.1 Å². The zero-order chi connectivity index (χ0) is 37.9. The molecule has 5 nitrogen and oxygen atoms in total. The molecule has 2 heterocycles. The van der Waals surface area contributed by atoms with Crippen LogP contribution in [0.3, 0.4) is 0 Å². The van der Waals surface area contributed by atoms with E-state index in [1.165, 1.54) is 0 Å². The van der Waals surface area contributed by atoms with Crippen molar-refractivity contribution in [2.75, 3.05) is 9.80 Å². The van der Waals surface area contributed by atoms with Crippen molar-refractivity contribution in [1.82, 2.24) is 0 Å². The fourth-order valence-electron chi connectivity index (χ4n) is 8.70. The van der Waals surface area contributed by atoms with Crippen LogP contribution in [-0.2, 0) is 0 Å². The summed E-state index contributed by atoms with van der Waals surface area (Å²) in [6, 6.07) is 60.4. The van der Waals surface area contributed by atoms with Crippen LogP contribution >= 0.6 is 0 Å². The van der Waals surface area contributed by atoms with Crippen LogP contribution in [0.1, 0.15) is 11.5 Å².